The minimum absolute atomic E-state index is 0.0570. The summed E-state index contributed by atoms with van der Waals surface area (Å²) in [5, 5.41) is 0. The third-order valence-corrected chi connectivity index (χ3v) is 4.65. The molecule has 1 rings (SSSR count). The Morgan fingerprint density at radius 3 is 2.16 bits per heavy atom. The first kappa shape index (κ1) is 21.5. The van der Waals surface area contributed by atoms with Gasteiger partial charge in [0, 0.05) is 19.5 Å². The van der Waals surface area contributed by atoms with E-state index in [9.17, 15) is 13.2 Å². The number of benzene rings is 1. The van der Waals surface area contributed by atoms with Crippen LogP contribution in [0.1, 0.15) is 53.5 Å². The van der Waals surface area contributed by atoms with E-state index in [1.54, 1.807) is 24.3 Å². The van der Waals surface area contributed by atoms with E-state index in [4.69, 9.17) is 4.18 Å². The van der Waals surface area contributed by atoms with E-state index in [1.807, 2.05) is 4.90 Å². The van der Waals surface area contributed by atoms with Crippen molar-refractivity contribution in [3.05, 3.63) is 29.8 Å². The second kappa shape index (κ2) is 8.70. The fourth-order valence-corrected chi connectivity index (χ4v) is 2.86. The fraction of sp³-hybridized carbons (Fsp3) is 0.632. The van der Waals surface area contributed by atoms with Gasteiger partial charge in [0.15, 0.2) is 0 Å². The lowest BCUT2D eigenvalue weighted by molar-refractivity contribution is -0.134. The van der Waals surface area contributed by atoms with Gasteiger partial charge in [0.2, 0.25) is 5.91 Å². The van der Waals surface area contributed by atoms with Crippen molar-refractivity contribution in [2.75, 3.05) is 12.3 Å². The van der Waals surface area contributed by atoms with Gasteiger partial charge < -0.3 is 9.08 Å². The summed E-state index contributed by atoms with van der Waals surface area (Å²) in [5.41, 5.74) is 0.891. The highest BCUT2D eigenvalue weighted by molar-refractivity contribution is 7.87. The summed E-state index contributed by atoms with van der Waals surface area (Å²) in [6.07, 6.45) is 0.496. The van der Waals surface area contributed by atoms with E-state index in [-0.39, 0.29) is 17.1 Å². The second-order valence-electron chi connectivity index (χ2n) is 7.98. The lowest BCUT2D eigenvalue weighted by atomic mass is 9.91. The molecule has 0 N–H and O–H groups in total. The molecule has 0 spiro atoms. The van der Waals surface area contributed by atoms with Crippen molar-refractivity contribution in [3.8, 4) is 5.75 Å². The molecule has 0 radical (unpaired) electrons. The zero-order valence-corrected chi connectivity index (χ0v) is 17.0. The Kier molecular flexibility index (Phi) is 7.47. The molecule has 1 amide bonds. The number of nitrogens with zero attached hydrogens (tertiary/aromatic N) is 1. The van der Waals surface area contributed by atoms with Gasteiger partial charge in [-0.3, -0.25) is 4.79 Å². The van der Waals surface area contributed by atoms with E-state index < -0.39 is 10.1 Å². The first-order chi connectivity index (χ1) is 11.4. The summed E-state index contributed by atoms with van der Waals surface area (Å²) < 4.78 is 28.0. The molecule has 0 bridgehead atoms. The van der Waals surface area contributed by atoms with Gasteiger partial charge >= 0.3 is 10.1 Å². The number of hydrogen-bond acceptors (Lipinski definition) is 4. The molecule has 0 fully saturated rings. The Balaban J connectivity index is 2.85. The molecule has 0 aromatic heterocycles. The van der Waals surface area contributed by atoms with Gasteiger partial charge in [-0.25, -0.2) is 0 Å². The lowest BCUT2D eigenvalue weighted by Crippen LogP contribution is -2.35. The van der Waals surface area contributed by atoms with Crippen molar-refractivity contribution in [2.24, 2.45) is 11.3 Å². The van der Waals surface area contributed by atoms with Crippen molar-refractivity contribution < 1.29 is 17.4 Å². The van der Waals surface area contributed by atoms with Gasteiger partial charge in [-0.05, 0) is 36.0 Å². The van der Waals surface area contributed by atoms with Crippen molar-refractivity contribution in [3.63, 3.8) is 0 Å². The van der Waals surface area contributed by atoms with Gasteiger partial charge in [0.25, 0.3) is 0 Å². The predicted octanol–water partition coefficient (Wildman–Crippen LogP) is 3.84. The number of hydrogen-bond donors (Lipinski definition) is 0. The van der Waals surface area contributed by atoms with E-state index in [2.05, 4.69) is 34.6 Å². The molecule has 0 saturated heterocycles. The molecule has 1 aromatic rings. The van der Waals surface area contributed by atoms with E-state index in [0.29, 0.717) is 31.2 Å². The zero-order chi connectivity index (χ0) is 19.3. The Bertz CT molecular complexity index is 658. The van der Waals surface area contributed by atoms with Gasteiger partial charge in [-0.1, -0.05) is 46.8 Å². The van der Waals surface area contributed by atoms with Gasteiger partial charge in [-0.2, -0.15) is 8.42 Å². The molecule has 0 unspecified atom stereocenters. The molecule has 6 heteroatoms. The molecule has 0 aliphatic rings. The Hall–Kier alpha value is -1.56. The highest BCUT2D eigenvalue weighted by Crippen LogP contribution is 2.22. The average Bonchev–Trinajstić information content (AvgIpc) is 2.46. The molecular formula is C19H31NO4S. The first-order valence-electron chi connectivity index (χ1n) is 8.71. The predicted molar refractivity (Wildman–Crippen MR) is 101 cm³/mol. The third-order valence-electron chi connectivity index (χ3n) is 3.49. The second-order valence-corrected chi connectivity index (χ2v) is 9.84. The molecular weight excluding hydrogens is 338 g/mol. The molecule has 5 nitrogen and oxygen atoms in total. The normalized spacial score (nSPS) is 12.3. The summed E-state index contributed by atoms with van der Waals surface area (Å²) in [4.78, 5) is 14.5. The smallest absolute Gasteiger partial charge is 0.308 e. The number of rotatable bonds is 8. The van der Waals surface area contributed by atoms with Crippen LogP contribution in [0.25, 0.3) is 0 Å². The van der Waals surface area contributed by atoms with Crippen molar-refractivity contribution >= 4 is 16.0 Å². The molecule has 0 atom stereocenters. The topological polar surface area (TPSA) is 63.7 Å². The molecule has 0 aliphatic carbocycles. The van der Waals surface area contributed by atoms with Crippen molar-refractivity contribution in [2.45, 2.75) is 54.5 Å². The molecule has 0 saturated carbocycles. The molecule has 0 heterocycles. The van der Waals surface area contributed by atoms with E-state index >= 15 is 0 Å². The van der Waals surface area contributed by atoms with Crippen LogP contribution in [0, 0.1) is 11.3 Å². The van der Waals surface area contributed by atoms with Crippen molar-refractivity contribution in [1.29, 1.82) is 0 Å². The van der Waals surface area contributed by atoms with Gasteiger partial charge in [0.1, 0.15) is 5.75 Å². The minimum atomic E-state index is -3.52. The van der Waals surface area contributed by atoms with E-state index in [0.717, 1.165) is 5.56 Å². The Labute approximate surface area is 152 Å². The van der Waals surface area contributed by atoms with Crippen LogP contribution < -0.4 is 4.18 Å². The molecule has 25 heavy (non-hydrogen) atoms. The summed E-state index contributed by atoms with van der Waals surface area (Å²) >= 11 is 0. The molecule has 1 aromatic carbocycles. The van der Waals surface area contributed by atoms with E-state index in [1.165, 1.54) is 6.92 Å². The van der Waals surface area contributed by atoms with Crippen LogP contribution in [0.15, 0.2) is 24.3 Å². The maximum absolute atomic E-state index is 12.6. The first-order valence-corrected chi connectivity index (χ1v) is 10.3. The fourth-order valence-electron chi connectivity index (χ4n) is 2.34. The van der Waals surface area contributed by atoms with Gasteiger partial charge in [-0.15, -0.1) is 0 Å². The van der Waals surface area contributed by atoms with Crippen LogP contribution in [-0.4, -0.2) is 31.5 Å². The monoisotopic (exact) mass is 369 g/mol. The van der Waals surface area contributed by atoms with Gasteiger partial charge in [0.05, 0.1) is 5.75 Å². The van der Waals surface area contributed by atoms with Crippen LogP contribution in [0.2, 0.25) is 0 Å². The third kappa shape index (κ3) is 8.38. The lowest BCUT2D eigenvalue weighted by Gasteiger charge is -2.28. The zero-order valence-electron chi connectivity index (χ0n) is 16.2. The summed E-state index contributed by atoms with van der Waals surface area (Å²) in [6, 6.07) is 6.87. The standard InChI is InChI=1S/C19H31NO4S/c1-7-25(22,23)24-17-10-8-16(9-11-17)14-20(13-15(2)3)18(21)12-19(4,5)6/h8-11,15H,7,12-14H2,1-6H3. The number of carbonyl (C=O) groups is 1. The van der Waals surface area contributed by atoms with Crippen LogP contribution >= 0.6 is 0 Å². The average molecular weight is 370 g/mol. The summed E-state index contributed by atoms with van der Waals surface area (Å²) in [5.74, 6) is 0.733. The highest BCUT2D eigenvalue weighted by Gasteiger charge is 2.22. The minimum Gasteiger partial charge on any atom is -0.382 e. The highest BCUT2D eigenvalue weighted by atomic mass is 32.2. The van der Waals surface area contributed by atoms with Crippen LogP contribution in [0.4, 0.5) is 0 Å². The van der Waals surface area contributed by atoms with Crippen molar-refractivity contribution in [1.82, 2.24) is 4.90 Å². The largest absolute Gasteiger partial charge is 0.382 e. The number of amides is 1. The SMILES string of the molecule is CCS(=O)(=O)Oc1ccc(CN(CC(C)C)C(=O)CC(C)(C)C)cc1. The van der Waals surface area contributed by atoms with Crippen LogP contribution in [-0.2, 0) is 21.5 Å². The molecule has 142 valence electrons. The number of carbonyl (C=O) groups excluding carboxylic acids is 1. The Morgan fingerprint density at radius 1 is 1.16 bits per heavy atom. The summed E-state index contributed by atoms with van der Waals surface area (Å²) in [7, 11) is -3.52. The maximum Gasteiger partial charge on any atom is 0.308 e. The summed E-state index contributed by atoms with van der Waals surface area (Å²) in [6.45, 7) is 13.1. The Morgan fingerprint density at radius 2 is 1.72 bits per heavy atom. The van der Waals surface area contributed by atoms with Crippen LogP contribution in [0.3, 0.4) is 0 Å². The molecule has 0 aliphatic heterocycles. The maximum atomic E-state index is 12.6. The quantitative estimate of drug-likeness (QED) is 0.653. The van der Waals surface area contributed by atoms with Crippen LogP contribution in [0.5, 0.6) is 5.75 Å².